The second-order valence-corrected chi connectivity index (χ2v) is 8.45. The Hall–Kier alpha value is -3.23. The molecule has 160 valence electrons. The zero-order valence-corrected chi connectivity index (χ0v) is 18.9. The lowest BCUT2D eigenvalue weighted by molar-refractivity contribution is -0.121. The van der Waals surface area contributed by atoms with E-state index in [-0.39, 0.29) is 11.7 Å². The standard InChI is InChI=1S/C23H23N3O3S2/c1-14-8-6-7-11-17(14)29-13-19(27)25-23(30)26-22-20(21(24)28)15(2)18(31-22)12-16-9-4-3-5-10-16/h3-11H,12-13H2,1-2H3,(H2,24,28)(H2,25,26,27,30). The van der Waals surface area contributed by atoms with E-state index in [4.69, 9.17) is 22.7 Å². The third-order valence-electron chi connectivity index (χ3n) is 4.63. The smallest absolute Gasteiger partial charge is 0.264 e. The van der Waals surface area contributed by atoms with Crippen LogP contribution in [0.4, 0.5) is 5.00 Å². The highest BCUT2D eigenvalue weighted by molar-refractivity contribution is 7.80. The molecule has 1 aromatic heterocycles. The number of nitrogens with two attached hydrogens (primary N) is 1. The summed E-state index contributed by atoms with van der Waals surface area (Å²) in [6, 6.07) is 17.4. The van der Waals surface area contributed by atoms with Crippen molar-refractivity contribution in [3.63, 3.8) is 0 Å². The maximum atomic E-state index is 12.2. The molecular weight excluding hydrogens is 430 g/mol. The molecule has 0 saturated carbocycles. The van der Waals surface area contributed by atoms with E-state index < -0.39 is 11.8 Å². The van der Waals surface area contributed by atoms with Gasteiger partial charge in [0.2, 0.25) is 0 Å². The lowest BCUT2D eigenvalue weighted by Crippen LogP contribution is -2.37. The number of hydrogen-bond donors (Lipinski definition) is 3. The first kappa shape index (κ1) is 22.5. The van der Waals surface area contributed by atoms with Crippen molar-refractivity contribution >= 4 is 45.5 Å². The van der Waals surface area contributed by atoms with Crippen molar-refractivity contribution in [2.24, 2.45) is 5.73 Å². The number of aryl methyl sites for hydroxylation is 1. The summed E-state index contributed by atoms with van der Waals surface area (Å²) in [7, 11) is 0. The van der Waals surface area contributed by atoms with Crippen LogP contribution in [0.1, 0.15) is 31.9 Å². The molecule has 4 N–H and O–H groups in total. The number of benzene rings is 2. The van der Waals surface area contributed by atoms with Gasteiger partial charge in [-0.15, -0.1) is 11.3 Å². The topological polar surface area (TPSA) is 93.4 Å². The number of ether oxygens (including phenoxy) is 1. The molecule has 0 atom stereocenters. The van der Waals surface area contributed by atoms with Crippen molar-refractivity contribution in [2.75, 3.05) is 11.9 Å². The van der Waals surface area contributed by atoms with Gasteiger partial charge < -0.3 is 15.8 Å². The van der Waals surface area contributed by atoms with Crippen molar-refractivity contribution in [3.05, 3.63) is 81.7 Å². The Kier molecular flexibility index (Phi) is 7.38. The molecule has 0 aliphatic rings. The first-order valence-corrected chi connectivity index (χ1v) is 10.8. The Morgan fingerprint density at radius 3 is 2.42 bits per heavy atom. The molecule has 0 fully saturated rings. The number of hydrogen-bond acceptors (Lipinski definition) is 5. The average Bonchev–Trinajstić information content (AvgIpc) is 3.02. The second kappa shape index (κ2) is 10.2. The zero-order chi connectivity index (χ0) is 22.4. The van der Waals surface area contributed by atoms with Crippen LogP contribution in [0.15, 0.2) is 54.6 Å². The number of nitrogens with one attached hydrogen (secondary N) is 2. The number of carbonyl (C=O) groups excluding carboxylic acids is 2. The molecule has 8 heteroatoms. The monoisotopic (exact) mass is 453 g/mol. The van der Waals surface area contributed by atoms with Crippen LogP contribution in [0.25, 0.3) is 0 Å². The average molecular weight is 454 g/mol. The Labute approximate surface area is 190 Å². The van der Waals surface area contributed by atoms with Gasteiger partial charge in [-0.2, -0.15) is 0 Å². The number of thiocarbonyl (C=S) groups is 1. The quantitative estimate of drug-likeness (QED) is 0.471. The highest BCUT2D eigenvalue weighted by Crippen LogP contribution is 2.34. The SMILES string of the molecule is Cc1ccccc1OCC(=O)NC(=S)Nc1sc(Cc2ccccc2)c(C)c1C(N)=O. The molecule has 31 heavy (non-hydrogen) atoms. The van der Waals surface area contributed by atoms with Crippen LogP contribution in [0.5, 0.6) is 5.75 Å². The van der Waals surface area contributed by atoms with Crippen LogP contribution in [-0.2, 0) is 11.2 Å². The Morgan fingerprint density at radius 2 is 1.74 bits per heavy atom. The Morgan fingerprint density at radius 1 is 1.06 bits per heavy atom. The number of primary amides is 1. The van der Waals surface area contributed by atoms with Gasteiger partial charge in [0.1, 0.15) is 10.8 Å². The molecule has 0 unspecified atom stereocenters. The van der Waals surface area contributed by atoms with Crippen LogP contribution in [-0.4, -0.2) is 23.5 Å². The molecule has 0 bridgehead atoms. The van der Waals surface area contributed by atoms with E-state index in [0.29, 0.717) is 22.7 Å². The molecule has 0 aliphatic carbocycles. The number of carbonyl (C=O) groups is 2. The molecule has 6 nitrogen and oxygen atoms in total. The third-order valence-corrected chi connectivity index (χ3v) is 6.04. The van der Waals surface area contributed by atoms with Gasteiger partial charge in [0.25, 0.3) is 11.8 Å². The lowest BCUT2D eigenvalue weighted by atomic mass is 10.1. The summed E-state index contributed by atoms with van der Waals surface area (Å²) in [6.45, 7) is 3.58. The number of amides is 2. The molecule has 0 saturated heterocycles. The van der Waals surface area contributed by atoms with E-state index in [9.17, 15) is 9.59 Å². The largest absolute Gasteiger partial charge is 0.483 e. The minimum atomic E-state index is -0.549. The fourth-order valence-corrected chi connectivity index (χ4v) is 4.58. The number of rotatable bonds is 7. The van der Waals surface area contributed by atoms with E-state index in [1.165, 1.54) is 11.3 Å². The summed E-state index contributed by atoms with van der Waals surface area (Å²) in [5.74, 6) is -0.321. The van der Waals surface area contributed by atoms with Gasteiger partial charge >= 0.3 is 0 Å². The summed E-state index contributed by atoms with van der Waals surface area (Å²) < 4.78 is 5.53. The molecule has 3 rings (SSSR count). The highest BCUT2D eigenvalue weighted by atomic mass is 32.1. The van der Waals surface area contributed by atoms with Crippen LogP contribution >= 0.6 is 23.6 Å². The van der Waals surface area contributed by atoms with Crippen molar-refractivity contribution in [2.45, 2.75) is 20.3 Å². The van der Waals surface area contributed by atoms with Crippen LogP contribution < -0.4 is 21.1 Å². The van der Waals surface area contributed by atoms with Crippen LogP contribution in [0.2, 0.25) is 0 Å². The highest BCUT2D eigenvalue weighted by Gasteiger charge is 2.20. The van der Waals surface area contributed by atoms with Gasteiger partial charge in [-0.3, -0.25) is 14.9 Å². The molecule has 0 radical (unpaired) electrons. The lowest BCUT2D eigenvalue weighted by Gasteiger charge is -2.11. The fraction of sp³-hybridized carbons (Fsp3) is 0.174. The van der Waals surface area contributed by atoms with Gasteiger partial charge in [0.05, 0.1) is 5.56 Å². The zero-order valence-electron chi connectivity index (χ0n) is 17.2. The van der Waals surface area contributed by atoms with Gasteiger partial charge in [-0.1, -0.05) is 48.5 Å². The first-order valence-electron chi connectivity index (χ1n) is 9.60. The normalized spacial score (nSPS) is 10.4. The van der Waals surface area contributed by atoms with Crippen molar-refractivity contribution in [1.29, 1.82) is 0 Å². The third kappa shape index (κ3) is 5.90. The predicted molar refractivity (Wildman–Crippen MR) is 128 cm³/mol. The molecule has 1 heterocycles. The maximum Gasteiger partial charge on any atom is 0.264 e. The van der Waals surface area contributed by atoms with E-state index in [1.54, 1.807) is 6.07 Å². The van der Waals surface area contributed by atoms with Gasteiger partial charge in [0, 0.05) is 11.3 Å². The van der Waals surface area contributed by atoms with E-state index in [0.717, 1.165) is 21.6 Å². The molecule has 2 aromatic carbocycles. The summed E-state index contributed by atoms with van der Waals surface area (Å²) in [5.41, 5.74) is 8.84. The van der Waals surface area contributed by atoms with E-state index in [1.807, 2.05) is 62.4 Å². The molecule has 3 aromatic rings. The predicted octanol–water partition coefficient (Wildman–Crippen LogP) is 3.95. The maximum absolute atomic E-state index is 12.2. The van der Waals surface area contributed by atoms with Crippen molar-refractivity contribution in [1.82, 2.24) is 5.32 Å². The second-order valence-electron chi connectivity index (χ2n) is 6.94. The molecule has 2 amide bonds. The van der Waals surface area contributed by atoms with Crippen LogP contribution in [0.3, 0.4) is 0 Å². The Bertz CT molecular complexity index is 1110. The van der Waals surface area contributed by atoms with Crippen LogP contribution in [0, 0.1) is 13.8 Å². The molecular formula is C23H23N3O3S2. The van der Waals surface area contributed by atoms with E-state index in [2.05, 4.69) is 10.6 Å². The summed E-state index contributed by atoms with van der Waals surface area (Å²) in [6.07, 6.45) is 0.669. The minimum absolute atomic E-state index is 0.0772. The minimum Gasteiger partial charge on any atom is -0.483 e. The number of para-hydroxylation sites is 1. The fourth-order valence-electron chi connectivity index (χ4n) is 3.05. The van der Waals surface area contributed by atoms with E-state index >= 15 is 0 Å². The molecule has 0 aliphatic heterocycles. The summed E-state index contributed by atoms with van der Waals surface area (Å²) in [5, 5.41) is 6.11. The van der Waals surface area contributed by atoms with Gasteiger partial charge in [-0.25, -0.2) is 0 Å². The summed E-state index contributed by atoms with van der Waals surface area (Å²) >= 11 is 6.65. The van der Waals surface area contributed by atoms with Gasteiger partial charge in [-0.05, 0) is 48.8 Å². The summed E-state index contributed by atoms with van der Waals surface area (Å²) in [4.78, 5) is 25.2. The van der Waals surface area contributed by atoms with Crippen molar-refractivity contribution < 1.29 is 14.3 Å². The van der Waals surface area contributed by atoms with Gasteiger partial charge in [0.15, 0.2) is 11.7 Å². The Balaban J connectivity index is 1.66. The number of thiophene rings is 1. The first-order chi connectivity index (χ1) is 14.8. The van der Waals surface area contributed by atoms with Crippen molar-refractivity contribution in [3.8, 4) is 5.75 Å². The molecule has 0 spiro atoms. The number of anilines is 1.